The lowest BCUT2D eigenvalue weighted by Gasteiger charge is -2.17. The highest BCUT2D eigenvalue weighted by molar-refractivity contribution is 7.83. The number of terminal acetylenes is 1. The van der Waals surface area contributed by atoms with Crippen LogP contribution in [0.5, 0.6) is 0 Å². The summed E-state index contributed by atoms with van der Waals surface area (Å²) >= 11 is 3.98. The second kappa shape index (κ2) is 6.25. The predicted molar refractivity (Wildman–Crippen MR) is 75.2 cm³/mol. The van der Waals surface area contributed by atoms with Crippen LogP contribution in [-0.4, -0.2) is 0 Å². The van der Waals surface area contributed by atoms with E-state index in [9.17, 15) is 0 Å². The van der Waals surface area contributed by atoms with E-state index in [1.165, 1.54) is 5.57 Å². The van der Waals surface area contributed by atoms with Gasteiger partial charge in [-0.25, -0.2) is 0 Å². The van der Waals surface area contributed by atoms with E-state index in [0.717, 1.165) is 17.6 Å². The molecule has 0 heterocycles. The highest BCUT2D eigenvalue weighted by atomic mass is 32.1. The molecule has 1 heteroatoms. The van der Waals surface area contributed by atoms with Gasteiger partial charge in [0, 0.05) is 5.57 Å². The van der Waals surface area contributed by atoms with Gasteiger partial charge in [-0.3, -0.25) is 0 Å². The summed E-state index contributed by atoms with van der Waals surface area (Å²) in [5.74, 6) is 3.24. The Bertz CT molecular complexity index is 425. The zero-order valence-electron chi connectivity index (χ0n) is 9.48. The van der Waals surface area contributed by atoms with Crippen molar-refractivity contribution in [2.75, 3.05) is 0 Å². The minimum Gasteiger partial charge on any atom is -0.151 e. The van der Waals surface area contributed by atoms with E-state index in [1.54, 1.807) is 5.41 Å². The van der Waals surface area contributed by atoms with E-state index >= 15 is 0 Å². The molecule has 0 aromatic heterocycles. The third-order valence-corrected chi connectivity index (χ3v) is 2.65. The van der Waals surface area contributed by atoms with Gasteiger partial charge in [-0.1, -0.05) is 43.7 Å². The average molecular weight is 228 g/mol. The molecular weight excluding hydrogens is 212 g/mol. The average Bonchev–Trinajstić information content (AvgIpc) is 2.29. The summed E-state index contributed by atoms with van der Waals surface area (Å²) in [6.45, 7) is 6.22. The van der Waals surface area contributed by atoms with Crippen LogP contribution in [-0.2, 0) is 0 Å². The fourth-order valence-electron chi connectivity index (χ4n) is 1.62. The monoisotopic (exact) mass is 228 g/mol. The van der Waals surface area contributed by atoms with Gasteiger partial charge in [0.05, 0.1) is 0 Å². The standard InChI is InChI=1S/C15H16S/c1-4-14-9-8-12(2)11-15(14)13(3)7-5-6-10-16/h1,5-10,12,16H,3,11H2,2H3/b7-5+,10-6-. The van der Waals surface area contributed by atoms with Gasteiger partial charge in [0.15, 0.2) is 0 Å². The SMILES string of the molecule is C#CC1=C(C(=C)/C=C/C=C\S)CC(C)C=C1. The summed E-state index contributed by atoms with van der Waals surface area (Å²) < 4.78 is 0. The molecule has 82 valence electrons. The Morgan fingerprint density at radius 2 is 2.38 bits per heavy atom. The Morgan fingerprint density at radius 3 is 3.00 bits per heavy atom. The molecular formula is C15H16S. The molecule has 0 amide bonds. The lowest BCUT2D eigenvalue weighted by molar-refractivity contribution is 0.711. The zero-order valence-corrected chi connectivity index (χ0v) is 10.4. The quantitative estimate of drug-likeness (QED) is 0.420. The molecule has 1 aliphatic carbocycles. The van der Waals surface area contributed by atoms with Gasteiger partial charge in [-0.15, -0.1) is 6.42 Å². The molecule has 16 heavy (non-hydrogen) atoms. The maximum Gasteiger partial charge on any atom is 0.0277 e. The van der Waals surface area contributed by atoms with Crippen molar-refractivity contribution in [1.82, 2.24) is 0 Å². The van der Waals surface area contributed by atoms with Gasteiger partial charge in [0.2, 0.25) is 0 Å². The maximum absolute atomic E-state index is 5.48. The molecule has 1 rings (SSSR count). The number of hydrogen-bond donors (Lipinski definition) is 1. The highest BCUT2D eigenvalue weighted by Gasteiger charge is 2.12. The van der Waals surface area contributed by atoms with Crippen molar-refractivity contribution in [3.63, 3.8) is 0 Å². The van der Waals surface area contributed by atoms with Gasteiger partial charge in [0.25, 0.3) is 0 Å². The van der Waals surface area contributed by atoms with Gasteiger partial charge >= 0.3 is 0 Å². The molecule has 0 aromatic carbocycles. The number of rotatable bonds is 3. The number of hydrogen-bond acceptors (Lipinski definition) is 1. The fourth-order valence-corrected chi connectivity index (χ4v) is 1.72. The molecule has 0 bridgehead atoms. The van der Waals surface area contributed by atoms with Crippen LogP contribution in [0.25, 0.3) is 0 Å². The zero-order chi connectivity index (χ0) is 12.0. The predicted octanol–water partition coefficient (Wildman–Crippen LogP) is 4.07. The van der Waals surface area contributed by atoms with Crippen molar-refractivity contribution in [2.24, 2.45) is 5.92 Å². The third kappa shape index (κ3) is 3.32. The Morgan fingerprint density at radius 1 is 1.62 bits per heavy atom. The van der Waals surface area contributed by atoms with Crippen molar-refractivity contribution >= 4 is 12.6 Å². The van der Waals surface area contributed by atoms with Crippen LogP contribution >= 0.6 is 12.6 Å². The molecule has 0 spiro atoms. The molecule has 1 atom stereocenters. The summed E-state index contributed by atoms with van der Waals surface area (Å²) in [5, 5.41) is 1.68. The van der Waals surface area contributed by atoms with Gasteiger partial charge in [-0.05, 0) is 35.0 Å². The topological polar surface area (TPSA) is 0 Å². The van der Waals surface area contributed by atoms with Crippen LogP contribution in [0.15, 0.2) is 59.1 Å². The Balaban J connectivity index is 2.92. The van der Waals surface area contributed by atoms with Crippen LogP contribution in [0, 0.1) is 18.3 Å². The van der Waals surface area contributed by atoms with Crippen molar-refractivity contribution in [3.05, 3.63) is 59.1 Å². The maximum atomic E-state index is 5.48. The molecule has 0 N–H and O–H groups in total. The largest absolute Gasteiger partial charge is 0.151 e. The Hall–Kier alpha value is -1.39. The lowest BCUT2D eigenvalue weighted by Crippen LogP contribution is -2.02. The molecule has 1 aliphatic rings. The van der Waals surface area contributed by atoms with E-state index in [4.69, 9.17) is 6.42 Å². The van der Waals surface area contributed by atoms with E-state index in [2.05, 4.69) is 38.1 Å². The second-order valence-electron chi connectivity index (χ2n) is 3.80. The molecule has 0 fully saturated rings. The smallest absolute Gasteiger partial charge is 0.0277 e. The van der Waals surface area contributed by atoms with Crippen molar-refractivity contribution in [1.29, 1.82) is 0 Å². The van der Waals surface area contributed by atoms with E-state index in [1.807, 2.05) is 24.3 Å². The molecule has 1 unspecified atom stereocenters. The van der Waals surface area contributed by atoms with E-state index in [0.29, 0.717) is 5.92 Å². The van der Waals surface area contributed by atoms with Crippen LogP contribution in [0.1, 0.15) is 13.3 Å². The molecule has 0 saturated heterocycles. The van der Waals surface area contributed by atoms with Crippen LogP contribution in [0.3, 0.4) is 0 Å². The summed E-state index contributed by atoms with van der Waals surface area (Å²) in [5.41, 5.74) is 3.10. The Kier molecular flexibility index (Phi) is 4.95. The van der Waals surface area contributed by atoms with Gasteiger partial charge < -0.3 is 0 Å². The van der Waals surface area contributed by atoms with E-state index in [-0.39, 0.29) is 0 Å². The molecule has 0 aromatic rings. The molecule has 0 nitrogen and oxygen atoms in total. The van der Waals surface area contributed by atoms with Crippen molar-refractivity contribution in [3.8, 4) is 12.3 Å². The Labute approximate surface area is 104 Å². The minimum atomic E-state index is 0.526. The van der Waals surface area contributed by atoms with E-state index < -0.39 is 0 Å². The summed E-state index contributed by atoms with van der Waals surface area (Å²) in [6.07, 6.45) is 16.3. The van der Waals surface area contributed by atoms with Gasteiger partial charge in [0.1, 0.15) is 0 Å². The number of thiol groups is 1. The lowest BCUT2D eigenvalue weighted by atomic mass is 9.87. The first kappa shape index (κ1) is 12.7. The van der Waals surface area contributed by atoms with Crippen LogP contribution in [0.4, 0.5) is 0 Å². The molecule has 0 saturated carbocycles. The summed E-state index contributed by atoms with van der Waals surface area (Å²) in [6, 6.07) is 0. The highest BCUT2D eigenvalue weighted by Crippen LogP contribution is 2.28. The van der Waals surface area contributed by atoms with Crippen molar-refractivity contribution in [2.45, 2.75) is 13.3 Å². The summed E-state index contributed by atoms with van der Waals surface area (Å²) in [4.78, 5) is 0. The first-order chi connectivity index (χ1) is 7.69. The van der Waals surface area contributed by atoms with Gasteiger partial charge in [-0.2, -0.15) is 12.6 Å². The molecule has 0 radical (unpaired) electrons. The fraction of sp³-hybridized carbons (Fsp3) is 0.200. The summed E-state index contributed by atoms with van der Waals surface area (Å²) in [7, 11) is 0. The second-order valence-corrected chi connectivity index (χ2v) is 4.10. The number of allylic oxidation sites excluding steroid dienone is 8. The molecule has 0 aliphatic heterocycles. The van der Waals surface area contributed by atoms with Crippen LogP contribution < -0.4 is 0 Å². The normalized spacial score (nSPS) is 20.7. The van der Waals surface area contributed by atoms with Crippen LogP contribution in [0.2, 0.25) is 0 Å². The minimum absolute atomic E-state index is 0.526. The van der Waals surface area contributed by atoms with Crippen molar-refractivity contribution < 1.29 is 0 Å². The first-order valence-corrected chi connectivity index (χ1v) is 5.75. The third-order valence-electron chi connectivity index (χ3n) is 2.48. The first-order valence-electron chi connectivity index (χ1n) is 5.23.